The molecule has 150 valence electrons. The van der Waals surface area contributed by atoms with Crippen molar-refractivity contribution in [1.82, 2.24) is 4.98 Å². The summed E-state index contributed by atoms with van der Waals surface area (Å²) in [5.41, 5.74) is 7.55. The molecule has 0 aliphatic rings. The summed E-state index contributed by atoms with van der Waals surface area (Å²) in [5, 5.41) is 0. The second kappa shape index (κ2) is 7.93. The first-order valence-electron chi connectivity index (χ1n) is 9.07. The highest BCUT2D eigenvalue weighted by Gasteiger charge is 2.32. The smallest absolute Gasteiger partial charge is 0.210 e. The first-order chi connectivity index (χ1) is 14.4. The lowest BCUT2D eigenvalue weighted by molar-refractivity contribution is 0.103. The minimum Gasteiger partial charge on any atom is -0.384 e. The fourth-order valence-electron chi connectivity index (χ4n) is 3.29. The summed E-state index contributed by atoms with van der Waals surface area (Å²) in [6.45, 7) is 0. The Morgan fingerprint density at radius 3 is 2.00 bits per heavy atom. The highest BCUT2D eigenvalue weighted by molar-refractivity contribution is 9.10. The van der Waals surface area contributed by atoms with E-state index >= 15 is 0 Å². The second-order valence-electron chi connectivity index (χ2n) is 6.64. The van der Waals surface area contributed by atoms with Gasteiger partial charge in [-0.3, -0.25) is 4.79 Å². The van der Waals surface area contributed by atoms with Crippen molar-refractivity contribution in [3.63, 3.8) is 0 Å². The van der Waals surface area contributed by atoms with Crippen molar-refractivity contribution < 1.29 is 13.2 Å². The summed E-state index contributed by atoms with van der Waals surface area (Å²) in [7, 11) is -3.97. The lowest BCUT2D eigenvalue weighted by Gasteiger charge is -2.10. The summed E-state index contributed by atoms with van der Waals surface area (Å²) < 4.78 is 27.8. The number of nitrogen functional groups attached to an aromatic ring is 1. The number of H-pyrrole nitrogens is 1. The summed E-state index contributed by atoms with van der Waals surface area (Å²) in [6.07, 6.45) is 0. The van der Waals surface area contributed by atoms with Crippen LogP contribution in [0.15, 0.2) is 99.2 Å². The zero-order chi connectivity index (χ0) is 21.3. The van der Waals surface area contributed by atoms with Crippen molar-refractivity contribution >= 4 is 37.4 Å². The third kappa shape index (κ3) is 3.58. The fourth-order valence-corrected chi connectivity index (χ4v) is 5.14. The van der Waals surface area contributed by atoms with Crippen LogP contribution in [0.25, 0.3) is 11.1 Å². The number of aromatic amines is 1. The van der Waals surface area contributed by atoms with Gasteiger partial charge >= 0.3 is 0 Å². The van der Waals surface area contributed by atoms with Crippen molar-refractivity contribution in [2.75, 3.05) is 5.73 Å². The molecule has 0 bridgehead atoms. The molecule has 0 amide bonds. The number of hydrogen-bond donors (Lipinski definition) is 2. The van der Waals surface area contributed by atoms with Gasteiger partial charge in [0.15, 0.2) is 0 Å². The molecular weight excluding hydrogens is 464 g/mol. The molecule has 30 heavy (non-hydrogen) atoms. The summed E-state index contributed by atoms with van der Waals surface area (Å²) >= 11 is 3.38. The van der Waals surface area contributed by atoms with E-state index in [0.29, 0.717) is 11.1 Å². The van der Waals surface area contributed by atoms with Crippen molar-refractivity contribution in [3.05, 3.63) is 101 Å². The van der Waals surface area contributed by atoms with Gasteiger partial charge in [0.05, 0.1) is 10.6 Å². The predicted octanol–water partition coefficient (Wildman–Crippen LogP) is 5.09. The second-order valence-corrected chi connectivity index (χ2v) is 9.44. The van der Waals surface area contributed by atoms with E-state index in [1.807, 2.05) is 0 Å². The zero-order valence-electron chi connectivity index (χ0n) is 15.7. The number of halogens is 1. The molecular formula is C23H17BrN2O3S. The molecule has 0 aliphatic carbocycles. The van der Waals surface area contributed by atoms with E-state index in [1.54, 1.807) is 72.8 Å². The SMILES string of the molecule is Nc1[nH]c(C(=O)c2ccccc2)c(-c2ccc(Br)cc2)c1S(=O)(=O)c1ccccc1. The summed E-state index contributed by atoms with van der Waals surface area (Å²) in [5.74, 6) is -0.411. The Kier molecular flexibility index (Phi) is 5.32. The monoisotopic (exact) mass is 480 g/mol. The van der Waals surface area contributed by atoms with Gasteiger partial charge in [-0.15, -0.1) is 0 Å². The van der Waals surface area contributed by atoms with Crippen LogP contribution in [-0.4, -0.2) is 19.2 Å². The Balaban J connectivity index is 2.01. The van der Waals surface area contributed by atoms with Crippen LogP contribution in [0, 0.1) is 0 Å². The maximum absolute atomic E-state index is 13.5. The standard InChI is InChI=1S/C23H17BrN2O3S/c24-17-13-11-15(12-14-17)19-20(21(27)16-7-3-1-4-8-16)26-23(25)22(19)30(28,29)18-9-5-2-6-10-18/h1-14,26H,25H2. The van der Waals surface area contributed by atoms with Gasteiger partial charge in [0.25, 0.3) is 0 Å². The van der Waals surface area contributed by atoms with Gasteiger partial charge in [-0.25, -0.2) is 8.42 Å². The number of benzene rings is 3. The minimum atomic E-state index is -3.97. The summed E-state index contributed by atoms with van der Waals surface area (Å²) in [6, 6.07) is 23.8. The minimum absolute atomic E-state index is 0.0731. The number of nitrogens with two attached hydrogens (primary N) is 1. The number of carbonyl (C=O) groups excluding carboxylic acids is 1. The van der Waals surface area contributed by atoms with Crippen molar-refractivity contribution in [3.8, 4) is 11.1 Å². The number of rotatable bonds is 5. The molecule has 1 heterocycles. The van der Waals surface area contributed by atoms with Crippen LogP contribution in [0.5, 0.6) is 0 Å². The van der Waals surface area contributed by atoms with Crippen LogP contribution >= 0.6 is 15.9 Å². The molecule has 7 heteroatoms. The van der Waals surface area contributed by atoms with Crippen LogP contribution in [0.3, 0.4) is 0 Å². The molecule has 5 nitrogen and oxygen atoms in total. The normalized spacial score (nSPS) is 11.4. The third-order valence-corrected chi connectivity index (χ3v) is 7.08. The highest BCUT2D eigenvalue weighted by atomic mass is 79.9. The van der Waals surface area contributed by atoms with Crippen LogP contribution < -0.4 is 5.73 Å². The Morgan fingerprint density at radius 2 is 1.40 bits per heavy atom. The van der Waals surface area contributed by atoms with Gasteiger partial charge in [-0.2, -0.15) is 0 Å². The number of carbonyl (C=O) groups is 1. The Bertz CT molecular complexity index is 1310. The predicted molar refractivity (Wildman–Crippen MR) is 120 cm³/mol. The third-order valence-electron chi connectivity index (χ3n) is 4.70. The van der Waals surface area contributed by atoms with Gasteiger partial charge in [0.1, 0.15) is 10.7 Å². The van der Waals surface area contributed by atoms with Gasteiger partial charge in [-0.05, 0) is 29.8 Å². The molecule has 3 N–H and O–H groups in total. The highest BCUT2D eigenvalue weighted by Crippen LogP contribution is 2.39. The molecule has 0 saturated carbocycles. The first kappa shape index (κ1) is 20.1. The Labute approximate surface area is 182 Å². The van der Waals surface area contributed by atoms with Crippen molar-refractivity contribution in [2.24, 2.45) is 0 Å². The van der Waals surface area contributed by atoms with Gasteiger partial charge < -0.3 is 10.7 Å². The van der Waals surface area contributed by atoms with Crippen LogP contribution in [-0.2, 0) is 9.84 Å². The van der Waals surface area contributed by atoms with Crippen molar-refractivity contribution in [2.45, 2.75) is 9.79 Å². The van der Waals surface area contributed by atoms with Crippen molar-refractivity contribution in [1.29, 1.82) is 0 Å². The van der Waals surface area contributed by atoms with Crippen LogP contribution in [0.1, 0.15) is 16.1 Å². The molecule has 4 aromatic rings. The van der Waals surface area contributed by atoms with Crippen LogP contribution in [0.4, 0.5) is 5.82 Å². The fraction of sp³-hybridized carbons (Fsp3) is 0. The Morgan fingerprint density at radius 1 is 0.833 bits per heavy atom. The molecule has 4 rings (SSSR count). The van der Waals surface area contributed by atoms with E-state index < -0.39 is 9.84 Å². The molecule has 1 aromatic heterocycles. The Hall–Kier alpha value is -3.16. The van der Waals surface area contributed by atoms with E-state index in [-0.39, 0.29) is 32.6 Å². The molecule has 3 aromatic carbocycles. The molecule has 0 aliphatic heterocycles. The maximum atomic E-state index is 13.5. The summed E-state index contributed by atoms with van der Waals surface area (Å²) in [4.78, 5) is 16.1. The largest absolute Gasteiger partial charge is 0.384 e. The average molecular weight is 481 g/mol. The van der Waals surface area contributed by atoms with Gasteiger partial charge in [0.2, 0.25) is 15.6 Å². The zero-order valence-corrected chi connectivity index (χ0v) is 18.1. The molecule has 0 unspecified atom stereocenters. The quantitative estimate of drug-likeness (QED) is 0.389. The lowest BCUT2D eigenvalue weighted by Crippen LogP contribution is -2.06. The lowest BCUT2D eigenvalue weighted by atomic mass is 10.0. The average Bonchev–Trinajstić information content (AvgIpc) is 3.13. The number of aromatic nitrogens is 1. The number of anilines is 1. The molecule has 0 atom stereocenters. The number of nitrogens with one attached hydrogen (secondary N) is 1. The molecule has 0 fully saturated rings. The number of hydrogen-bond acceptors (Lipinski definition) is 4. The van der Waals surface area contributed by atoms with E-state index in [9.17, 15) is 13.2 Å². The van der Waals surface area contributed by atoms with E-state index in [0.717, 1.165) is 4.47 Å². The molecule has 0 saturated heterocycles. The number of ketones is 1. The maximum Gasteiger partial charge on any atom is 0.210 e. The van der Waals surface area contributed by atoms with E-state index in [4.69, 9.17) is 5.73 Å². The van der Waals surface area contributed by atoms with E-state index in [2.05, 4.69) is 20.9 Å². The van der Waals surface area contributed by atoms with E-state index in [1.165, 1.54) is 12.1 Å². The van der Waals surface area contributed by atoms with Gasteiger partial charge in [0, 0.05) is 15.6 Å². The molecule has 0 radical (unpaired) electrons. The topological polar surface area (TPSA) is 93.0 Å². The number of sulfone groups is 1. The molecule has 0 spiro atoms. The first-order valence-corrected chi connectivity index (χ1v) is 11.3. The van der Waals surface area contributed by atoms with Crippen LogP contribution in [0.2, 0.25) is 0 Å². The van der Waals surface area contributed by atoms with Gasteiger partial charge in [-0.1, -0.05) is 76.6 Å².